The summed E-state index contributed by atoms with van der Waals surface area (Å²) in [5, 5.41) is 7.69. The third-order valence-electron chi connectivity index (χ3n) is 4.40. The van der Waals surface area contributed by atoms with Gasteiger partial charge in [0, 0.05) is 48.0 Å². The number of H-pyrrole nitrogens is 1. The smallest absolute Gasteiger partial charge is 0.264 e. The number of carbonyl (C=O) groups is 1. The zero-order chi connectivity index (χ0) is 17.9. The van der Waals surface area contributed by atoms with Crippen molar-refractivity contribution in [1.29, 1.82) is 0 Å². The van der Waals surface area contributed by atoms with E-state index in [9.17, 15) is 9.18 Å². The van der Waals surface area contributed by atoms with Crippen LogP contribution >= 0.6 is 0 Å². The molecule has 1 amide bonds. The molecule has 26 heavy (non-hydrogen) atoms. The molecule has 2 aromatic heterocycles. The fourth-order valence-electron chi connectivity index (χ4n) is 3.02. The zero-order valence-corrected chi connectivity index (χ0v) is 13.9. The van der Waals surface area contributed by atoms with Gasteiger partial charge in [0.15, 0.2) is 0 Å². The number of amides is 1. The summed E-state index contributed by atoms with van der Waals surface area (Å²) in [5.41, 5.74) is 3.47. The van der Waals surface area contributed by atoms with Crippen LogP contribution < -0.4 is 5.32 Å². The van der Waals surface area contributed by atoms with E-state index in [1.54, 1.807) is 18.5 Å². The molecule has 0 bridgehead atoms. The van der Waals surface area contributed by atoms with Crippen LogP contribution in [0.3, 0.4) is 0 Å². The molecule has 6 nitrogen and oxygen atoms in total. The molecule has 1 aromatic carbocycles. The van der Waals surface area contributed by atoms with Crippen LogP contribution in [0.15, 0.2) is 54.1 Å². The van der Waals surface area contributed by atoms with Crippen LogP contribution in [0, 0.1) is 5.82 Å². The molecule has 1 aliphatic rings. The fourth-order valence-corrected chi connectivity index (χ4v) is 3.02. The van der Waals surface area contributed by atoms with Gasteiger partial charge in [-0.05, 0) is 42.3 Å². The topological polar surface area (TPSA) is 79.4 Å². The van der Waals surface area contributed by atoms with E-state index in [1.165, 1.54) is 12.1 Å². The van der Waals surface area contributed by atoms with E-state index in [-0.39, 0.29) is 11.7 Å². The van der Waals surface area contributed by atoms with E-state index in [4.69, 9.17) is 4.84 Å². The maximum absolute atomic E-state index is 13.4. The number of nitrogens with one attached hydrogen (secondary N) is 2. The van der Waals surface area contributed by atoms with E-state index in [1.807, 2.05) is 18.3 Å². The Morgan fingerprint density at radius 1 is 1.31 bits per heavy atom. The molecule has 0 fully saturated rings. The lowest BCUT2D eigenvalue weighted by molar-refractivity contribution is -0.131. The van der Waals surface area contributed by atoms with Crippen LogP contribution in [-0.2, 0) is 16.1 Å². The Morgan fingerprint density at radius 2 is 2.15 bits per heavy atom. The Bertz CT molecular complexity index is 968. The van der Waals surface area contributed by atoms with Gasteiger partial charge in [-0.15, -0.1) is 0 Å². The Morgan fingerprint density at radius 3 is 3.00 bits per heavy atom. The number of carbonyl (C=O) groups excluding carboxylic acids is 1. The van der Waals surface area contributed by atoms with Crippen molar-refractivity contribution in [3.8, 4) is 0 Å². The lowest BCUT2D eigenvalue weighted by Crippen LogP contribution is -2.35. The number of aromatic amines is 1. The van der Waals surface area contributed by atoms with Crippen molar-refractivity contribution in [3.63, 3.8) is 0 Å². The van der Waals surface area contributed by atoms with Gasteiger partial charge in [-0.3, -0.25) is 9.78 Å². The van der Waals surface area contributed by atoms with E-state index in [0.717, 1.165) is 27.7 Å². The van der Waals surface area contributed by atoms with Gasteiger partial charge in [0.05, 0.1) is 5.71 Å². The van der Waals surface area contributed by atoms with E-state index >= 15 is 0 Å². The minimum Gasteiger partial charge on any atom is -0.382 e. The molecule has 3 aromatic rings. The largest absolute Gasteiger partial charge is 0.382 e. The number of hydrogen-bond donors (Lipinski definition) is 2. The fraction of sp³-hybridized carbons (Fsp3) is 0.211. The second kappa shape index (κ2) is 6.95. The second-order valence-corrected chi connectivity index (χ2v) is 6.12. The van der Waals surface area contributed by atoms with Gasteiger partial charge in [-0.1, -0.05) is 5.16 Å². The first-order valence-electron chi connectivity index (χ1n) is 8.37. The molecule has 3 heterocycles. The monoisotopic (exact) mass is 352 g/mol. The summed E-state index contributed by atoms with van der Waals surface area (Å²) in [4.78, 5) is 24.6. The normalized spacial score (nSPS) is 16.3. The van der Waals surface area contributed by atoms with Crippen molar-refractivity contribution in [3.05, 3.63) is 65.9 Å². The summed E-state index contributed by atoms with van der Waals surface area (Å²) >= 11 is 0. The van der Waals surface area contributed by atoms with Gasteiger partial charge < -0.3 is 15.1 Å². The lowest BCUT2D eigenvalue weighted by atomic mass is 10.1. The number of oxime groups is 1. The standard InChI is InChI=1S/C19H17FN4O2/c20-14-1-2-16-15(9-14)13(11-23-16)5-8-22-19(25)18-10-17(24-26-18)12-3-6-21-7-4-12/h1-4,6-7,9,11,18,23H,5,8,10H2,(H,22,25)/t18-/m1/s1. The van der Waals surface area contributed by atoms with Gasteiger partial charge in [-0.2, -0.15) is 0 Å². The van der Waals surface area contributed by atoms with Crippen LogP contribution in [-0.4, -0.2) is 34.2 Å². The van der Waals surface area contributed by atoms with Crippen molar-refractivity contribution in [2.24, 2.45) is 5.16 Å². The number of rotatable bonds is 5. The molecular weight excluding hydrogens is 335 g/mol. The molecular formula is C19H17FN4O2. The number of nitrogens with zero attached hydrogens (tertiary/aromatic N) is 2. The van der Waals surface area contributed by atoms with Crippen molar-refractivity contribution in [2.75, 3.05) is 6.54 Å². The van der Waals surface area contributed by atoms with Crippen LogP contribution in [0.1, 0.15) is 17.5 Å². The molecule has 0 unspecified atom stereocenters. The maximum atomic E-state index is 13.4. The third kappa shape index (κ3) is 3.28. The molecule has 132 valence electrons. The molecule has 0 saturated heterocycles. The van der Waals surface area contributed by atoms with Crippen molar-refractivity contribution < 1.29 is 14.0 Å². The van der Waals surface area contributed by atoms with Crippen LogP contribution in [0.25, 0.3) is 10.9 Å². The average Bonchev–Trinajstić information content (AvgIpc) is 3.30. The van der Waals surface area contributed by atoms with E-state index in [0.29, 0.717) is 19.4 Å². The van der Waals surface area contributed by atoms with Crippen molar-refractivity contribution >= 4 is 22.5 Å². The highest BCUT2D eigenvalue weighted by molar-refractivity contribution is 6.03. The predicted octanol–water partition coefficient (Wildman–Crippen LogP) is 2.55. The molecule has 0 spiro atoms. The predicted molar refractivity (Wildman–Crippen MR) is 95.2 cm³/mol. The van der Waals surface area contributed by atoms with E-state index in [2.05, 4.69) is 20.4 Å². The van der Waals surface area contributed by atoms with E-state index < -0.39 is 6.10 Å². The van der Waals surface area contributed by atoms with Gasteiger partial charge in [0.2, 0.25) is 6.10 Å². The first-order valence-corrected chi connectivity index (χ1v) is 8.37. The number of halogens is 1. The summed E-state index contributed by atoms with van der Waals surface area (Å²) in [6.45, 7) is 0.437. The molecule has 7 heteroatoms. The van der Waals surface area contributed by atoms with Crippen LogP contribution in [0.2, 0.25) is 0 Å². The third-order valence-corrected chi connectivity index (χ3v) is 4.40. The molecule has 0 saturated carbocycles. The van der Waals surface area contributed by atoms with Gasteiger partial charge in [0.25, 0.3) is 5.91 Å². The number of fused-ring (bicyclic) bond motifs is 1. The Kier molecular flexibility index (Phi) is 4.35. The molecule has 1 aliphatic heterocycles. The zero-order valence-electron chi connectivity index (χ0n) is 13.9. The first-order chi connectivity index (χ1) is 12.7. The quantitative estimate of drug-likeness (QED) is 0.741. The highest BCUT2D eigenvalue weighted by Crippen LogP contribution is 2.20. The van der Waals surface area contributed by atoms with Gasteiger partial charge in [0.1, 0.15) is 5.82 Å². The minimum atomic E-state index is -0.626. The van der Waals surface area contributed by atoms with Crippen LogP contribution in [0.5, 0.6) is 0 Å². The number of pyridine rings is 1. The molecule has 2 N–H and O–H groups in total. The number of benzene rings is 1. The summed E-state index contributed by atoms with van der Waals surface area (Å²) in [6, 6.07) is 8.29. The van der Waals surface area contributed by atoms with Gasteiger partial charge >= 0.3 is 0 Å². The lowest BCUT2D eigenvalue weighted by Gasteiger charge is -2.09. The summed E-state index contributed by atoms with van der Waals surface area (Å²) in [7, 11) is 0. The highest BCUT2D eigenvalue weighted by atomic mass is 19.1. The summed E-state index contributed by atoms with van der Waals surface area (Å²) in [5.74, 6) is -0.480. The second-order valence-electron chi connectivity index (χ2n) is 6.12. The molecule has 0 radical (unpaired) electrons. The van der Waals surface area contributed by atoms with Crippen molar-refractivity contribution in [2.45, 2.75) is 18.9 Å². The van der Waals surface area contributed by atoms with Crippen molar-refractivity contribution in [1.82, 2.24) is 15.3 Å². The van der Waals surface area contributed by atoms with Crippen LogP contribution in [0.4, 0.5) is 4.39 Å². The Labute approximate surface area is 149 Å². The number of aromatic nitrogens is 2. The molecule has 4 rings (SSSR count). The summed E-state index contributed by atoms with van der Waals surface area (Å²) < 4.78 is 13.4. The Balaban J connectivity index is 1.31. The summed E-state index contributed by atoms with van der Waals surface area (Å²) in [6.07, 6.45) is 5.59. The Hall–Kier alpha value is -3.22. The average molecular weight is 352 g/mol. The molecule has 1 atom stereocenters. The highest BCUT2D eigenvalue weighted by Gasteiger charge is 2.28. The minimum absolute atomic E-state index is 0.205. The van der Waals surface area contributed by atoms with Gasteiger partial charge in [-0.25, -0.2) is 4.39 Å². The SMILES string of the molecule is O=C(NCCc1c[nH]c2ccc(F)cc12)[C@H]1CC(c2ccncc2)=NO1. The number of hydrogen-bond acceptors (Lipinski definition) is 4. The first kappa shape index (κ1) is 16.3. The maximum Gasteiger partial charge on any atom is 0.264 e. The molecule has 0 aliphatic carbocycles.